The number of halogens is 2. The van der Waals surface area contributed by atoms with Crippen molar-refractivity contribution in [3.05, 3.63) is 65.0 Å². The number of aromatic nitrogens is 1. The molecule has 0 radical (unpaired) electrons. The summed E-state index contributed by atoms with van der Waals surface area (Å²) in [6, 6.07) is 4.62. The number of benzene rings is 1. The SMILES string of the molecule is COC(=O)c1ccc2c(c1)C(c1c(F)cncc1F)=CC(C)O2. The van der Waals surface area contributed by atoms with Crippen molar-refractivity contribution in [2.75, 3.05) is 7.11 Å². The van der Waals surface area contributed by atoms with Crippen LogP contribution in [-0.4, -0.2) is 24.2 Å². The lowest BCUT2D eigenvalue weighted by Crippen LogP contribution is -2.17. The summed E-state index contributed by atoms with van der Waals surface area (Å²) >= 11 is 0. The van der Waals surface area contributed by atoms with E-state index in [1.807, 2.05) is 0 Å². The maximum atomic E-state index is 14.1. The number of carbonyl (C=O) groups is 1. The number of rotatable bonds is 2. The van der Waals surface area contributed by atoms with E-state index in [9.17, 15) is 13.6 Å². The normalized spacial score (nSPS) is 16.2. The highest BCUT2D eigenvalue weighted by Gasteiger charge is 2.25. The molecule has 2 heterocycles. The molecule has 1 unspecified atom stereocenters. The highest BCUT2D eigenvalue weighted by Crippen LogP contribution is 2.38. The Hall–Kier alpha value is -2.76. The van der Waals surface area contributed by atoms with Gasteiger partial charge in [-0.05, 0) is 36.8 Å². The molecule has 0 aliphatic carbocycles. The number of pyridine rings is 1. The third kappa shape index (κ3) is 2.67. The van der Waals surface area contributed by atoms with Crippen LogP contribution >= 0.6 is 0 Å². The molecule has 0 N–H and O–H groups in total. The number of hydrogen-bond acceptors (Lipinski definition) is 4. The number of fused-ring (bicyclic) bond motifs is 1. The molecule has 0 amide bonds. The van der Waals surface area contributed by atoms with Crippen molar-refractivity contribution in [2.24, 2.45) is 0 Å². The molecule has 1 aromatic heterocycles. The first-order valence-corrected chi connectivity index (χ1v) is 6.92. The van der Waals surface area contributed by atoms with Crippen LogP contribution in [-0.2, 0) is 4.74 Å². The van der Waals surface area contributed by atoms with Gasteiger partial charge in [-0.2, -0.15) is 0 Å². The van der Waals surface area contributed by atoms with Gasteiger partial charge in [-0.1, -0.05) is 0 Å². The minimum Gasteiger partial charge on any atom is -0.486 e. The average molecular weight is 317 g/mol. The van der Waals surface area contributed by atoms with E-state index in [0.29, 0.717) is 16.9 Å². The van der Waals surface area contributed by atoms with Gasteiger partial charge in [-0.15, -0.1) is 0 Å². The summed E-state index contributed by atoms with van der Waals surface area (Å²) in [6.07, 6.45) is 3.13. The maximum absolute atomic E-state index is 14.1. The van der Waals surface area contributed by atoms with Gasteiger partial charge >= 0.3 is 5.97 Å². The molecule has 3 rings (SSSR count). The average Bonchev–Trinajstić information content (AvgIpc) is 2.53. The molecule has 2 aromatic rings. The second kappa shape index (κ2) is 5.79. The Balaban J connectivity index is 2.21. The van der Waals surface area contributed by atoms with Gasteiger partial charge in [0, 0.05) is 5.56 Å². The molecule has 6 heteroatoms. The molecule has 1 aliphatic heterocycles. The van der Waals surface area contributed by atoms with Gasteiger partial charge in [0.05, 0.1) is 30.6 Å². The van der Waals surface area contributed by atoms with Crippen molar-refractivity contribution in [3.63, 3.8) is 0 Å². The Kier molecular flexibility index (Phi) is 3.82. The summed E-state index contributed by atoms with van der Waals surface area (Å²) in [7, 11) is 1.26. The number of ether oxygens (including phenoxy) is 2. The van der Waals surface area contributed by atoms with Crippen LogP contribution in [0, 0.1) is 11.6 Å². The minimum absolute atomic E-state index is 0.196. The molecule has 0 saturated heterocycles. The summed E-state index contributed by atoms with van der Waals surface area (Å²) in [5, 5.41) is 0. The predicted molar refractivity (Wildman–Crippen MR) is 79.1 cm³/mol. The van der Waals surface area contributed by atoms with E-state index in [2.05, 4.69) is 9.72 Å². The molecule has 0 spiro atoms. The number of esters is 1. The first-order valence-electron chi connectivity index (χ1n) is 6.92. The quantitative estimate of drug-likeness (QED) is 0.797. The number of hydrogen-bond donors (Lipinski definition) is 0. The van der Waals surface area contributed by atoms with Crippen LogP contribution < -0.4 is 4.74 Å². The number of carbonyl (C=O) groups excluding carboxylic acids is 1. The van der Waals surface area contributed by atoms with Gasteiger partial charge in [-0.25, -0.2) is 13.6 Å². The van der Waals surface area contributed by atoms with Gasteiger partial charge in [0.2, 0.25) is 0 Å². The second-order valence-electron chi connectivity index (χ2n) is 5.08. The molecular formula is C17H13F2NO3. The Morgan fingerprint density at radius 1 is 1.26 bits per heavy atom. The van der Waals surface area contributed by atoms with Crippen LogP contribution in [0.3, 0.4) is 0 Å². The molecule has 0 saturated carbocycles. The van der Waals surface area contributed by atoms with Crippen molar-refractivity contribution < 1.29 is 23.0 Å². The monoisotopic (exact) mass is 317 g/mol. The van der Waals surface area contributed by atoms with Crippen LogP contribution in [0.1, 0.15) is 28.4 Å². The zero-order valence-corrected chi connectivity index (χ0v) is 12.5. The molecule has 1 aromatic carbocycles. The van der Waals surface area contributed by atoms with Crippen molar-refractivity contribution in [3.8, 4) is 5.75 Å². The van der Waals surface area contributed by atoms with E-state index in [1.165, 1.54) is 13.2 Å². The van der Waals surface area contributed by atoms with Crippen LogP contribution in [0.25, 0.3) is 5.57 Å². The lowest BCUT2D eigenvalue weighted by Gasteiger charge is -2.24. The van der Waals surface area contributed by atoms with Crippen molar-refractivity contribution >= 4 is 11.5 Å². The molecule has 23 heavy (non-hydrogen) atoms. The van der Waals surface area contributed by atoms with Crippen LogP contribution in [0.2, 0.25) is 0 Å². The minimum atomic E-state index is -0.778. The lowest BCUT2D eigenvalue weighted by molar-refractivity contribution is 0.0600. The highest BCUT2D eigenvalue weighted by molar-refractivity contribution is 5.93. The van der Waals surface area contributed by atoms with Gasteiger partial charge < -0.3 is 9.47 Å². The van der Waals surface area contributed by atoms with Crippen LogP contribution in [0.15, 0.2) is 36.7 Å². The third-order valence-corrected chi connectivity index (χ3v) is 3.53. The summed E-state index contributed by atoms with van der Waals surface area (Å²) in [5.74, 6) is -1.65. The first-order chi connectivity index (χ1) is 11.0. The second-order valence-corrected chi connectivity index (χ2v) is 5.08. The number of nitrogens with zero attached hydrogens (tertiary/aromatic N) is 1. The zero-order chi connectivity index (χ0) is 16.6. The Morgan fingerprint density at radius 3 is 2.61 bits per heavy atom. The summed E-state index contributed by atoms with van der Waals surface area (Å²) in [5.41, 5.74) is 0.820. The predicted octanol–water partition coefficient (Wildman–Crippen LogP) is 3.36. The van der Waals surface area contributed by atoms with Crippen LogP contribution in [0.4, 0.5) is 8.78 Å². The summed E-state index contributed by atoms with van der Waals surface area (Å²) in [4.78, 5) is 15.2. The Morgan fingerprint density at radius 2 is 1.96 bits per heavy atom. The molecule has 0 fully saturated rings. The van der Waals surface area contributed by atoms with E-state index in [4.69, 9.17) is 4.74 Å². The Bertz CT molecular complexity index is 797. The maximum Gasteiger partial charge on any atom is 0.337 e. The molecule has 4 nitrogen and oxygen atoms in total. The van der Waals surface area contributed by atoms with Crippen molar-refractivity contribution in [2.45, 2.75) is 13.0 Å². The fourth-order valence-electron chi connectivity index (χ4n) is 2.53. The van der Waals surface area contributed by atoms with E-state index in [-0.39, 0.29) is 17.2 Å². The smallest absolute Gasteiger partial charge is 0.337 e. The topological polar surface area (TPSA) is 48.4 Å². The Labute approximate surface area is 131 Å². The summed E-state index contributed by atoms with van der Waals surface area (Å²) in [6.45, 7) is 1.76. The van der Waals surface area contributed by atoms with Gasteiger partial charge in [0.15, 0.2) is 11.6 Å². The standard InChI is InChI=1S/C17H13F2NO3/c1-9-5-12(16-13(18)7-20-8-14(16)19)11-6-10(17(21)22-2)3-4-15(11)23-9/h3-9H,1-2H3. The van der Waals surface area contributed by atoms with E-state index in [0.717, 1.165) is 12.4 Å². The zero-order valence-electron chi connectivity index (χ0n) is 12.5. The van der Waals surface area contributed by atoms with E-state index in [1.54, 1.807) is 25.1 Å². The molecule has 118 valence electrons. The highest BCUT2D eigenvalue weighted by atomic mass is 19.1. The van der Waals surface area contributed by atoms with E-state index >= 15 is 0 Å². The third-order valence-electron chi connectivity index (χ3n) is 3.53. The van der Waals surface area contributed by atoms with Crippen molar-refractivity contribution in [1.82, 2.24) is 4.98 Å². The van der Waals surface area contributed by atoms with Gasteiger partial charge in [0.25, 0.3) is 0 Å². The number of methoxy groups -OCH3 is 1. The lowest BCUT2D eigenvalue weighted by atomic mass is 9.92. The first kappa shape index (κ1) is 15.1. The van der Waals surface area contributed by atoms with Crippen molar-refractivity contribution in [1.29, 1.82) is 0 Å². The van der Waals surface area contributed by atoms with E-state index < -0.39 is 17.6 Å². The van der Waals surface area contributed by atoms with Gasteiger partial charge in [0.1, 0.15) is 11.9 Å². The molecule has 1 aliphatic rings. The molecule has 1 atom stereocenters. The van der Waals surface area contributed by atoms with Crippen LogP contribution in [0.5, 0.6) is 5.75 Å². The summed E-state index contributed by atoms with van der Waals surface area (Å²) < 4.78 is 38.5. The molecular weight excluding hydrogens is 304 g/mol. The fourth-order valence-corrected chi connectivity index (χ4v) is 2.53. The van der Waals surface area contributed by atoms with Gasteiger partial charge in [-0.3, -0.25) is 4.98 Å². The molecule has 0 bridgehead atoms. The largest absolute Gasteiger partial charge is 0.486 e. The fraction of sp³-hybridized carbons (Fsp3) is 0.176.